The van der Waals surface area contributed by atoms with Crippen molar-refractivity contribution in [1.82, 2.24) is 5.32 Å². The zero-order chi connectivity index (χ0) is 11.9. The summed E-state index contributed by atoms with van der Waals surface area (Å²) in [5, 5.41) is 3.62. The van der Waals surface area contributed by atoms with Crippen molar-refractivity contribution in [3.8, 4) is 0 Å². The van der Waals surface area contributed by atoms with Crippen LogP contribution in [-0.2, 0) is 4.74 Å². The van der Waals surface area contributed by atoms with E-state index in [2.05, 4.69) is 19.3 Å². The molecule has 0 aromatic rings. The van der Waals surface area contributed by atoms with Crippen molar-refractivity contribution in [3.63, 3.8) is 0 Å². The Labute approximate surface area is 105 Å². The monoisotopic (exact) mass is 237 g/mol. The summed E-state index contributed by atoms with van der Waals surface area (Å²) in [5.41, 5.74) is 0.307. The van der Waals surface area contributed by atoms with Gasteiger partial charge in [0.05, 0.1) is 5.60 Å². The number of ether oxygens (including phenoxy) is 1. The fourth-order valence-electron chi connectivity index (χ4n) is 4.13. The number of hydrogen-bond acceptors (Lipinski definition) is 2. The normalized spacial score (nSPS) is 35.3. The molecule has 1 saturated heterocycles. The minimum atomic E-state index is 0.307. The van der Waals surface area contributed by atoms with Gasteiger partial charge in [-0.25, -0.2) is 0 Å². The van der Waals surface area contributed by atoms with Gasteiger partial charge in [0.25, 0.3) is 0 Å². The number of rotatable bonds is 4. The maximum absolute atomic E-state index is 6.05. The van der Waals surface area contributed by atoms with E-state index in [0.717, 1.165) is 30.4 Å². The maximum atomic E-state index is 6.05. The third-order valence-corrected chi connectivity index (χ3v) is 5.57. The van der Waals surface area contributed by atoms with Crippen LogP contribution in [0.25, 0.3) is 0 Å². The Bertz CT molecular complexity index is 270. The van der Waals surface area contributed by atoms with Crippen molar-refractivity contribution in [3.05, 3.63) is 0 Å². The first-order valence-electron chi connectivity index (χ1n) is 7.55. The van der Waals surface area contributed by atoms with Gasteiger partial charge < -0.3 is 10.1 Å². The maximum Gasteiger partial charge on any atom is 0.0685 e. The van der Waals surface area contributed by atoms with Crippen molar-refractivity contribution >= 4 is 0 Å². The molecule has 1 aliphatic heterocycles. The van der Waals surface area contributed by atoms with Gasteiger partial charge in [0.1, 0.15) is 0 Å². The summed E-state index contributed by atoms with van der Waals surface area (Å²) in [5.74, 6) is 2.72. The molecule has 1 N–H and O–H groups in total. The number of hydrogen-bond donors (Lipinski definition) is 1. The fraction of sp³-hybridized carbons (Fsp3) is 1.00. The molecule has 1 heterocycles. The van der Waals surface area contributed by atoms with E-state index in [4.69, 9.17) is 4.74 Å². The van der Waals surface area contributed by atoms with Crippen molar-refractivity contribution in [1.29, 1.82) is 0 Å². The summed E-state index contributed by atoms with van der Waals surface area (Å²) < 4.78 is 6.05. The van der Waals surface area contributed by atoms with Gasteiger partial charge in [-0.2, -0.15) is 0 Å². The van der Waals surface area contributed by atoms with Crippen LogP contribution in [-0.4, -0.2) is 25.3 Å². The summed E-state index contributed by atoms with van der Waals surface area (Å²) >= 11 is 0. The van der Waals surface area contributed by atoms with E-state index in [-0.39, 0.29) is 0 Å². The van der Waals surface area contributed by atoms with Crippen molar-refractivity contribution < 1.29 is 4.74 Å². The molecule has 2 heteroatoms. The Kier molecular flexibility index (Phi) is 3.20. The van der Waals surface area contributed by atoms with Gasteiger partial charge in [0, 0.05) is 12.6 Å². The van der Waals surface area contributed by atoms with Gasteiger partial charge in [-0.3, -0.25) is 0 Å². The average Bonchev–Trinajstić information content (AvgIpc) is 3.12. The lowest BCUT2D eigenvalue weighted by Crippen LogP contribution is -2.51. The highest BCUT2D eigenvalue weighted by Gasteiger charge is 2.46. The van der Waals surface area contributed by atoms with Crippen LogP contribution in [0, 0.1) is 17.8 Å². The second kappa shape index (κ2) is 4.55. The molecule has 0 aromatic carbocycles. The van der Waals surface area contributed by atoms with E-state index >= 15 is 0 Å². The van der Waals surface area contributed by atoms with Gasteiger partial charge in [-0.1, -0.05) is 6.92 Å². The highest BCUT2D eigenvalue weighted by Crippen LogP contribution is 2.47. The van der Waals surface area contributed by atoms with E-state index in [9.17, 15) is 0 Å². The predicted molar refractivity (Wildman–Crippen MR) is 70.0 cm³/mol. The van der Waals surface area contributed by atoms with Crippen LogP contribution in [0.3, 0.4) is 0 Å². The quantitative estimate of drug-likeness (QED) is 0.811. The molecule has 98 valence electrons. The SMILES string of the molecule is CNC(C1CCOC2(CCC2)C1)C(C)C1CC1. The summed E-state index contributed by atoms with van der Waals surface area (Å²) in [4.78, 5) is 0. The Balaban J connectivity index is 1.64. The molecule has 3 atom stereocenters. The average molecular weight is 237 g/mol. The van der Waals surface area contributed by atoms with Crippen LogP contribution in [0.5, 0.6) is 0 Å². The standard InChI is InChI=1S/C15H27NO/c1-11(12-4-5-12)14(16-2)13-6-9-17-15(10-13)7-3-8-15/h11-14,16H,3-10H2,1-2H3. The Morgan fingerprint density at radius 2 is 1.94 bits per heavy atom. The van der Waals surface area contributed by atoms with E-state index in [1.54, 1.807) is 0 Å². The van der Waals surface area contributed by atoms with Gasteiger partial charge in [0.2, 0.25) is 0 Å². The zero-order valence-electron chi connectivity index (χ0n) is 11.4. The largest absolute Gasteiger partial charge is 0.375 e. The Morgan fingerprint density at radius 1 is 1.18 bits per heavy atom. The van der Waals surface area contributed by atoms with Crippen LogP contribution < -0.4 is 5.32 Å². The van der Waals surface area contributed by atoms with Crippen molar-refractivity contribution in [2.24, 2.45) is 17.8 Å². The minimum absolute atomic E-state index is 0.307. The first kappa shape index (κ1) is 12.0. The molecule has 0 bridgehead atoms. The Hall–Kier alpha value is -0.0800. The third kappa shape index (κ3) is 2.26. The Morgan fingerprint density at radius 3 is 2.47 bits per heavy atom. The van der Waals surface area contributed by atoms with Crippen LogP contribution in [0.2, 0.25) is 0 Å². The molecule has 2 saturated carbocycles. The lowest BCUT2D eigenvalue weighted by molar-refractivity contribution is -0.149. The molecule has 2 nitrogen and oxygen atoms in total. The second-order valence-electron chi connectivity index (χ2n) is 6.65. The van der Waals surface area contributed by atoms with E-state index in [1.165, 1.54) is 44.9 Å². The molecule has 0 amide bonds. The lowest BCUT2D eigenvalue weighted by Gasteiger charge is -2.49. The lowest BCUT2D eigenvalue weighted by atomic mass is 9.68. The van der Waals surface area contributed by atoms with Crippen LogP contribution in [0.4, 0.5) is 0 Å². The van der Waals surface area contributed by atoms with E-state index < -0.39 is 0 Å². The second-order valence-corrected chi connectivity index (χ2v) is 6.65. The molecule has 3 aliphatic rings. The van der Waals surface area contributed by atoms with Crippen molar-refractivity contribution in [2.75, 3.05) is 13.7 Å². The first-order valence-corrected chi connectivity index (χ1v) is 7.55. The topological polar surface area (TPSA) is 21.3 Å². The van der Waals surface area contributed by atoms with Gasteiger partial charge in [-0.15, -0.1) is 0 Å². The van der Waals surface area contributed by atoms with Crippen LogP contribution in [0.1, 0.15) is 51.9 Å². The fourth-order valence-corrected chi connectivity index (χ4v) is 4.13. The minimum Gasteiger partial charge on any atom is -0.375 e. The molecule has 0 aromatic heterocycles. The highest BCUT2D eigenvalue weighted by molar-refractivity contribution is 4.98. The van der Waals surface area contributed by atoms with Gasteiger partial charge in [0.15, 0.2) is 0 Å². The summed E-state index contributed by atoms with van der Waals surface area (Å²) in [6, 6.07) is 0.726. The number of nitrogens with one attached hydrogen (secondary N) is 1. The van der Waals surface area contributed by atoms with Gasteiger partial charge in [-0.05, 0) is 69.7 Å². The molecule has 1 spiro atoms. The summed E-state index contributed by atoms with van der Waals surface area (Å²) in [6.45, 7) is 3.46. The predicted octanol–water partition coefficient (Wildman–Crippen LogP) is 2.97. The molecular formula is C15H27NO. The molecule has 3 fully saturated rings. The molecule has 17 heavy (non-hydrogen) atoms. The smallest absolute Gasteiger partial charge is 0.0685 e. The zero-order valence-corrected chi connectivity index (χ0v) is 11.4. The van der Waals surface area contributed by atoms with Crippen LogP contribution in [0.15, 0.2) is 0 Å². The summed E-state index contributed by atoms with van der Waals surface area (Å²) in [7, 11) is 2.16. The third-order valence-electron chi connectivity index (χ3n) is 5.57. The highest BCUT2D eigenvalue weighted by atomic mass is 16.5. The van der Waals surface area contributed by atoms with Crippen LogP contribution >= 0.6 is 0 Å². The molecule has 2 aliphatic carbocycles. The van der Waals surface area contributed by atoms with E-state index in [0.29, 0.717) is 5.60 Å². The molecular weight excluding hydrogens is 210 g/mol. The molecule has 3 unspecified atom stereocenters. The molecule has 3 rings (SSSR count). The van der Waals surface area contributed by atoms with E-state index in [1.807, 2.05) is 0 Å². The molecule has 0 radical (unpaired) electrons. The first-order chi connectivity index (χ1) is 8.24. The van der Waals surface area contributed by atoms with Crippen molar-refractivity contribution in [2.45, 2.75) is 63.5 Å². The summed E-state index contributed by atoms with van der Waals surface area (Å²) in [6.07, 6.45) is 9.53. The van der Waals surface area contributed by atoms with Gasteiger partial charge >= 0.3 is 0 Å².